The van der Waals surface area contributed by atoms with Gasteiger partial charge >= 0.3 is 6.18 Å². The third-order valence-electron chi connectivity index (χ3n) is 3.67. The molecule has 0 saturated carbocycles. The predicted octanol–water partition coefficient (Wildman–Crippen LogP) is 2.80. The lowest BCUT2D eigenvalue weighted by atomic mass is 10.1. The fourth-order valence-corrected chi connectivity index (χ4v) is 2.10. The van der Waals surface area contributed by atoms with E-state index in [1.807, 2.05) is 13.8 Å². The van der Waals surface area contributed by atoms with Crippen LogP contribution in [0.25, 0.3) is 0 Å². The number of aromatic nitrogens is 4. The second-order valence-electron chi connectivity index (χ2n) is 5.99. The molecule has 3 N–H and O–H groups in total. The number of nitrogens with zero attached hydrogens (tertiary/aromatic N) is 4. The van der Waals surface area contributed by atoms with Gasteiger partial charge in [-0.3, -0.25) is 4.68 Å². The molecule has 0 saturated heterocycles. The maximum atomic E-state index is 12.9. The Kier molecular flexibility index (Phi) is 5.51. The molecule has 0 spiro atoms. The fraction of sp³-hybridized carbons (Fsp3) is 0.533. The van der Waals surface area contributed by atoms with Crippen LogP contribution in [0.1, 0.15) is 25.1 Å². The van der Waals surface area contributed by atoms with E-state index in [0.717, 1.165) is 6.20 Å². The second kappa shape index (κ2) is 7.26. The Hall–Kier alpha value is -2.36. The number of nitrogens with one attached hydrogen (secondary N) is 2. The molecule has 138 valence electrons. The van der Waals surface area contributed by atoms with Crippen molar-refractivity contribution in [3.05, 3.63) is 23.7 Å². The highest BCUT2D eigenvalue weighted by molar-refractivity contribution is 5.57. The molecule has 7 nitrogen and oxygen atoms in total. The molecule has 0 aliphatic heterocycles. The molecule has 0 amide bonds. The lowest BCUT2D eigenvalue weighted by Gasteiger charge is -2.13. The quantitative estimate of drug-likeness (QED) is 0.736. The van der Waals surface area contributed by atoms with E-state index in [-0.39, 0.29) is 17.7 Å². The van der Waals surface area contributed by atoms with Gasteiger partial charge in [-0.15, -0.1) is 0 Å². The molecule has 2 rings (SSSR count). The molecule has 0 bridgehead atoms. The van der Waals surface area contributed by atoms with E-state index in [2.05, 4.69) is 25.7 Å². The molecule has 2 aromatic rings. The summed E-state index contributed by atoms with van der Waals surface area (Å²) >= 11 is 0. The van der Waals surface area contributed by atoms with Crippen LogP contribution in [0.3, 0.4) is 0 Å². The summed E-state index contributed by atoms with van der Waals surface area (Å²) in [4.78, 5) is 7.57. The summed E-state index contributed by atoms with van der Waals surface area (Å²) in [5, 5.41) is 19.5. The zero-order chi connectivity index (χ0) is 18.8. The first-order chi connectivity index (χ1) is 11.6. The fourth-order valence-electron chi connectivity index (χ4n) is 2.10. The second-order valence-corrected chi connectivity index (χ2v) is 5.99. The zero-order valence-electron chi connectivity index (χ0n) is 14.4. The van der Waals surface area contributed by atoms with Crippen molar-refractivity contribution in [2.75, 3.05) is 17.7 Å². The van der Waals surface area contributed by atoms with Crippen molar-refractivity contribution in [3.8, 4) is 0 Å². The number of aliphatic hydroxyl groups is 1. The van der Waals surface area contributed by atoms with Gasteiger partial charge in [-0.25, -0.2) is 4.98 Å². The van der Waals surface area contributed by atoms with Gasteiger partial charge < -0.3 is 15.7 Å². The third kappa shape index (κ3) is 4.59. The largest absolute Gasteiger partial charge is 0.421 e. The minimum Gasteiger partial charge on any atom is -0.391 e. The predicted molar refractivity (Wildman–Crippen MR) is 87.7 cm³/mol. The number of halogens is 3. The average molecular weight is 358 g/mol. The van der Waals surface area contributed by atoms with Gasteiger partial charge in [0.25, 0.3) is 0 Å². The molecule has 1 unspecified atom stereocenters. The molecule has 2 heterocycles. The Morgan fingerprint density at radius 3 is 2.56 bits per heavy atom. The first kappa shape index (κ1) is 19.0. The number of rotatable bonds is 6. The van der Waals surface area contributed by atoms with Gasteiger partial charge in [0.05, 0.1) is 24.0 Å². The Balaban J connectivity index is 2.21. The molecule has 0 aliphatic rings. The van der Waals surface area contributed by atoms with Crippen LogP contribution in [0.4, 0.5) is 30.6 Å². The van der Waals surface area contributed by atoms with Gasteiger partial charge in [0, 0.05) is 19.4 Å². The highest BCUT2D eigenvalue weighted by atomic mass is 19.4. The van der Waals surface area contributed by atoms with E-state index >= 15 is 0 Å². The lowest BCUT2D eigenvalue weighted by Crippen LogP contribution is -2.22. The lowest BCUT2D eigenvalue weighted by molar-refractivity contribution is -0.137. The van der Waals surface area contributed by atoms with Crippen molar-refractivity contribution < 1.29 is 18.3 Å². The number of aryl methyl sites for hydroxylation is 1. The smallest absolute Gasteiger partial charge is 0.391 e. The van der Waals surface area contributed by atoms with Crippen LogP contribution in [-0.2, 0) is 12.7 Å². The standard InChI is InChI=1S/C15H21F3N6O/c1-8(2)12(25)7-24-6-11(9(3)23-24)21-14-20-5-10(15(16,17)18)13(19-4)22-14/h5-6,8,12,25H,7H2,1-4H3,(H2,19,20,21,22). The van der Waals surface area contributed by atoms with Gasteiger partial charge in [-0.2, -0.15) is 23.3 Å². The van der Waals surface area contributed by atoms with Crippen LogP contribution in [-0.4, -0.2) is 38.0 Å². The summed E-state index contributed by atoms with van der Waals surface area (Å²) in [6.07, 6.45) is -2.71. The minimum absolute atomic E-state index is 0.0180. The van der Waals surface area contributed by atoms with Crippen molar-refractivity contribution in [1.29, 1.82) is 0 Å². The van der Waals surface area contributed by atoms with Gasteiger partial charge in [0.15, 0.2) is 0 Å². The van der Waals surface area contributed by atoms with E-state index < -0.39 is 17.8 Å². The number of hydrogen-bond acceptors (Lipinski definition) is 6. The number of aliphatic hydroxyl groups excluding tert-OH is 1. The summed E-state index contributed by atoms with van der Waals surface area (Å²) < 4.78 is 40.2. The maximum absolute atomic E-state index is 12.9. The topological polar surface area (TPSA) is 87.9 Å². The maximum Gasteiger partial charge on any atom is 0.421 e. The minimum atomic E-state index is -4.54. The molecule has 2 aromatic heterocycles. The molecule has 1 atom stereocenters. The van der Waals surface area contributed by atoms with Crippen LogP contribution in [0, 0.1) is 12.8 Å². The Morgan fingerprint density at radius 1 is 1.32 bits per heavy atom. The molecule has 10 heteroatoms. The molecule has 25 heavy (non-hydrogen) atoms. The number of alkyl halides is 3. The van der Waals surface area contributed by atoms with Gasteiger partial charge in [-0.1, -0.05) is 13.8 Å². The molecular formula is C15H21F3N6O. The van der Waals surface area contributed by atoms with E-state index in [4.69, 9.17) is 0 Å². The van der Waals surface area contributed by atoms with Crippen LogP contribution in [0.15, 0.2) is 12.4 Å². The average Bonchev–Trinajstić information content (AvgIpc) is 2.85. The van der Waals surface area contributed by atoms with E-state index in [9.17, 15) is 18.3 Å². The Morgan fingerprint density at radius 2 is 2.00 bits per heavy atom. The van der Waals surface area contributed by atoms with Crippen molar-refractivity contribution >= 4 is 17.5 Å². The van der Waals surface area contributed by atoms with Gasteiger partial charge in [0.2, 0.25) is 5.95 Å². The highest BCUT2D eigenvalue weighted by Crippen LogP contribution is 2.33. The van der Waals surface area contributed by atoms with E-state index in [0.29, 0.717) is 17.9 Å². The SMILES string of the molecule is CNc1nc(Nc2cn(CC(O)C(C)C)nc2C)ncc1C(F)(F)F. The monoisotopic (exact) mass is 358 g/mol. The highest BCUT2D eigenvalue weighted by Gasteiger charge is 2.35. The van der Waals surface area contributed by atoms with Crippen molar-refractivity contribution in [2.24, 2.45) is 5.92 Å². The summed E-state index contributed by atoms with van der Waals surface area (Å²) in [5.74, 6) is -0.216. The van der Waals surface area contributed by atoms with E-state index in [1.54, 1.807) is 17.8 Å². The van der Waals surface area contributed by atoms with Crippen LogP contribution >= 0.6 is 0 Å². The molecule has 0 aromatic carbocycles. The van der Waals surface area contributed by atoms with E-state index in [1.165, 1.54) is 7.05 Å². The molecular weight excluding hydrogens is 337 g/mol. The van der Waals surface area contributed by atoms with Crippen LogP contribution in [0.2, 0.25) is 0 Å². The third-order valence-corrected chi connectivity index (χ3v) is 3.67. The first-order valence-corrected chi connectivity index (χ1v) is 7.73. The van der Waals surface area contributed by atoms with Crippen molar-refractivity contribution in [1.82, 2.24) is 19.7 Å². The normalized spacial score (nSPS) is 13.2. The molecule has 0 aliphatic carbocycles. The Labute approximate surface area is 143 Å². The van der Waals surface area contributed by atoms with Gasteiger partial charge in [-0.05, 0) is 12.8 Å². The molecule has 0 radical (unpaired) electrons. The summed E-state index contributed by atoms with van der Waals surface area (Å²) in [6.45, 7) is 5.85. The summed E-state index contributed by atoms with van der Waals surface area (Å²) in [7, 11) is 1.36. The summed E-state index contributed by atoms with van der Waals surface area (Å²) in [6, 6.07) is 0. The number of hydrogen-bond donors (Lipinski definition) is 3. The molecule has 0 fully saturated rings. The van der Waals surface area contributed by atoms with Crippen molar-refractivity contribution in [3.63, 3.8) is 0 Å². The first-order valence-electron chi connectivity index (χ1n) is 7.73. The van der Waals surface area contributed by atoms with Crippen LogP contribution < -0.4 is 10.6 Å². The summed E-state index contributed by atoms with van der Waals surface area (Å²) in [5.41, 5.74) is 0.233. The van der Waals surface area contributed by atoms with Gasteiger partial charge in [0.1, 0.15) is 11.4 Å². The van der Waals surface area contributed by atoms with Crippen molar-refractivity contribution in [2.45, 2.75) is 39.6 Å². The Bertz CT molecular complexity index is 729. The van der Waals surface area contributed by atoms with Crippen LogP contribution in [0.5, 0.6) is 0 Å². The zero-order valence-corrected chi connectivity index (χ0v) is 14.4. The number of anilines is 3.